The van der Waals surface area contributed by atoms with Gasteiger partial charge in [-0.05, 0) is 48.0 Å². The molecule has 3 heterocycles. The molecule has 2 aromatic carbocycles. The van der Waals surface area contributed by atoms with Gasteiger partial charge in [-0.25, -0.2) is 4.39 Å². The van der Waals surface area contributed by atoms with Crippen LogP contribution in [-0.4, -0.2) is 66.6 Å². The number of nitrogens with one attached hydrogen (secondary N) is 3. The smallest absolute Gasteiger partial charge is 0.270 e. The Hall–Kier alpha value is -4.54. The van der Waals surface area contributed by atoms with Gasteiger partial charge in [0.25, 0.3) is 17.7 Å². The fourth-order valence-corrected chi connectivity index (χ4v) is 4.57. The van der Waals surface area contributed by atoms with Crippen LogP contribution in [0.4, 0.5) is 4.39 Å². The minimum Gasteiger partial charge on any atom is -0.493 e. The molecule has 2 aliphatic heterocycles. The van der Waals surface area contributed by atoms with Crippen LogP contribution in [0.15, 0.2) is 54.7 Å². The fraction of sp³-hybridized carbons (Fsp3) is 0.296. The highest BCUT2D eigenvalue weighted by atomic mass is 19.1. The summed E-state index contributed by atoms with van der Waals surface area (Å²) in [5, 5.41) is 5.66. The van der Waals surface area contributed by atoms with Gasteiger partial charge < -0.3 is 34.7 Å². The first-order chi connectivity index (χ1) is 18.4. The first-order valence-corrected chi connectivity index (χ1v) is 12.2. The van der Waals surface area contributed by atoms with Crippen molar-refractivity contribution in [2.24, 2.45) is 0 Å². The van der Waals surface area contributed by atoms with E-state index in [1.54, 1.807) is 41.4 Å². The molecule has 0 spiro atoms. The van der Waals surface area contributed by atoms with E-state index >= 15 is 0 Å². The van der Waals surface area contributed by atoms with Crippen molar-refractivity contribution in [3.63, 3.8) is 0 Å². The molecule has 0 radical (unpaired) electrons. The molecule has 5 rings (SSSR count). The second-order valence-electron chi connectivity index (χ2n) is 9.09. The number of likely N-dealkylation sites (tertiary alicyclic amines) is 1. The number of hydrogen-bond donors (Lipinski definition) is 3. The van der Waals surface area contributed by atoms with E-state index in [1.165, 1.54) is 25.3 Å². The predicted molar refractivity (Wildman–Crippen MR) is 134 cm³/mol. The van der Waals surface area contributed by atoms with Crippen molar-refractivity contribution < 1.29 is 33.0 Å². The lowest BCUT2D eigenvalue weighted by molar-refractivity contribution is -0.123. The van der Waals surface area contributed by atoms with Gasteiger partial charge in [0.05, 0.1) is 13.2 Å². The van der Waals surface area contributed by atoms with Crippen molar-refractivity contribution in [2.75, 3.05) is 26.8 Å². The molecule has 2 aliphatic rings. The van der Waals surface area contributed by atoms with Crippen LogP contribution in [0.1, 0.15) is 32.8 Å². The van der Waals surface area contributed by atoms with Crippen molar-refractivity contribution in [3.05, 3.63) is 77.4 Å². The van der Waals surface area contributed by atoms with Crippen LogP contribution in [0, 0.1) is 5.82 Å². The Morgan fingerprint density at radius 2 is 2.03 bits per heavy atom. The Labute approximate surface area is 218 Å². The average Bonchev–Trinajstić information content (AvgIpc) is 3.45. The maximum atomic E-state index is 14.4. The van der Waals surface area contributed by atoms with Gasteiger partial charge in [-0.1, -0.05) is 0 Å². The Balaban J connectivity index is 1.47. The molecule has 4 bridgehead atoms. The molecular weight excluding hydrogens is 495 g/mol. The third kappa shape index (κ3) is 5.56. The van der Waals surface area contributed by atoms with Crippen molar-refractivity contribution in [3.8, 4) is 17.2 Å². The van der Waals surface area contributed by atoms with Crippen molar-refractivity contribution in [2.45, 2.75) is 25.1 Å². The van der Waals surface area contributed by atoms with Gasteiger partial charge in [-0.3, -0.25) is 14.4 Å². The normalized spacial score (nSPS) is 19.8. The van der Waals surface area contributed by atoms with E-state index in [0.717, 1.165) is 0 Å². The summed E-state index contributed by atoms with van der Waals surface area (Å²) in [6, 6.07) is 11.7. The van der Waals surface area contributed by atoms with Crippen molar-refractivity contribution in [1.29, 1.82) is 0 Å². The first-order valence-electron chi connectivity index (χ1n) is 12.2. The zero-order chi connectivity index (χ0) is 26.6. The minimum absolute atomic E-state index is 0.0662. The number of ether oxygens (including phenoxy) is 3. The molecule has 1 saturated heterocycles. The van der Waals surface area contributed by atoms with Gasteiger partial charge in [0.15, 0.2) is 18.1 Å². The molecular formula is C27H27FN4O6. The van der Waals surface area contributed by atoms with Gasteiger partial charge in [0.1, 0.15) is 23.4 Å². The monoisotopic (exact) mass is 522 g/mol. The van der Waals surface area contributed by atoms with Gasteiger partial charge in [0, 0.05) is 43.9 Å². The molecule has 10 nitrogen and oxygen atoms in total. The zero-order valence-corrected chi connectivity index (χ0v) is 20.7. The maximum Gasteiger partial charge on any atom is 0.270 e. The van der Waals surface area contributed by atoms with Crippen LogP contribution >= 0.6 is 0 Å². The van der Waals surface area contributed by atoms with Crippen LogP contribution in [-0.2, 0) is 11.3 Å². The lowest BCUT2D eigenvalue weighted by Gasteiger charge is -2.38. The number of hydrogen-bond acceptors (Lipinski definition) is 6. The number of piperidine rings is 1. The number of methoxy groups -OCH3 is 1. The van der Waals surface area contributed by atoms with E-state index in [4.69, 9.17) is 14.2 Å². The lowest BCUT2D eigenvalue weighted by Crippen LogP contribution is -2.58. The summed E-state index contributed by atoms with van der Waals surface area (Å²) in [5.41, 5.74) is 1.21. The number of fused-ring (bicyclic) bond motifs is 5. The summed E-state index contributed by atoms with van der Waals surface area (Å²) in [4.78, 5) is 43.2. The number of aromatic amines is 1. The Bertz CT molecular complexity index is 1350. The predicted octanol–water partition coefficient (Wildman–Crippen LogP) is 2.26. The quantitative estimate of drug-likeness (QED) is 0.475. The van der Waals surface area contributed by atoms with Crippen LogP contribution in [0.2, 0.25) is 0 Å². The van der Waals surface area contributed by atoms with Gasteiger partial charge in [-0.15, -0.1) is 0 Å². The summed E-state index contributed by atoms with van der Waals surface area (Å²) >= 11 is 0. The largest absolute Gasteiger partial charge is 0.493 e. The Morgan fingerprint density at radius 1 is 1.16 bits per heavy atom. The standard InChI is InChI=1S/C27H27FN4O6/c1-36-23-5-4-17-11-24(23)37-15-25(33)30-13-16-9-18(28)12-19(10-16)38-22-6-8-32(14-21(22)31-26(17)34)27(35)20-3-2-7-29-20/h2-5,7,9-12,21-22,29H,6,8,13-15H2,1H3,(H,30,33)(H,31,34)/t21-,22+/m0/s1. The number of halogens is 1. The highest BCUT2D eigenvalue weighted by molar-refractivity contribution is 5.95. The molecule has 1 aromatic heterocycles. The topological polar surface area (TPSA) is 122 Å². The molecule has 0 saturated carbocycles. The summed E-state index contributed by atoms with van der Waals surface area (Å²) in [5.74, 6) is -0.746. The second kappa shape index (κ2) is 10.8. The number of rotatable bonds is 2. The van der Waals surface area contributed by atoms with Crippen LogP contribution < -0.4 is 24.8 Å². The SMILES string of the molecule is COc1ccc2cc1OCC(=O)NCc1cc(F)cc(c1)O[C@@H]1CCN(C(=O)c3ccc[nH]3)C[C@@H]1NC2=O. The fourth-order valence-electron chi connectivity index (χ4n) is 4.57. The van der Waals surface area contributed by atoms with E-state index in [1.807, 2.05) is 0 Å². The Morgan fingerprint density at radius 3 is 2.82 bits per heavy atom. The Kier molecular flexibility index (Phi) is 7.16. The van der Waals surface area contributed by atoms with Gasteiger partial charge >= 0.3 is 0 Å². The molecule has 38 heavy (non-hydrogen) atoms. The molecule has 198 valence electrons. The highest BCUT2D eigenvalue weighted by Crippen LogP contribution is 2.29. The lowest BCUT2D eigenvalue weighted by atomic mass is 10.0. The van der Waals surface area contributed by atoms with Crippen LogP contribution in [0.25, 0.3) is 0 Å². The van der Waals surface area contributed by atoms with E-state index in [2.05, 4.69) is 15.6 Å². The molecule has 3 amide bonds. The summed E-state index contributed by atoms with van der Waals surface area (Å²) in [6.45, 7) is 0.303. The van der Waals surface area contributed by atoms with E-state index < -0.39 is 29.8 Å². The highest BCUT2D eigenvalue weighted by Gasteiger charge is 2.35. The number of aromatic nitrogens is 1. The van der Waals surface area contributed by atoms with Crippen molar-refractivity contribution >= 4 is 17.7 Å². The number of carbonyl (C=O) groups excluding carboxylic acids is 3. The zero-order valence-electron chi connectivity index (χ0n) is 20.7. The van der Waals surface area contributed by atoms with Crippen LogP contribution in [0.5, 0.6) is 17.2 Å². The number of nitrogens with zero attached hydrogens (tertiary/aromatic N) is 1. The van der Waals surface area contributed by atoms with E-state index in [9.17, 15) is 18.8 Å². The molecule has 3 N–H and O–H groups in total. The summed E-state index contributed by atoms with van der Waals surface area (Å²) in [6.07, 6.45) is 1.53. The van der Waals surface area contributed by atoms with Gasteiger partial charge in [-0.2, -0.15) is 0 Å². The van der Waals surface area contributed by atoms with Crippen LogP contribution in [0.3, 0.4) is 0 Å². The van der Waals surface area contributed by atoms with E-state index in [0.29, 0.717) is 30.0 Å². The average molecular weight is 523 g/mol. The molecule has 0 unspecified atom stereocenters. The maximum absolute atomic E-state index is 14.4. The van der Waals surface area contributed by atoms with E-state index in [-0.39, 0.29) is 42.7 Å². The molecule has 11 heteroatoms. The third-order valence-electron chi connectivity index (χ3n) is 6.47. The molecule has 3 aromatic rings. The number of amides is 3. The number of benzene rings is 2. The number of carbonyl (C=O) groups is 3. The third-order valence-corrected chi connectivity index (χ3v) is 6.47. The summed E-state index contributed by atoms with van der Waals surface area (Å²) < 4.78 is 31.5. The molecule has 2 atom stereocenters. The van der Waals surface area contributed by atoms with Crippen molar-refractivity contribution in [1.82, 2.24) is 20.5 Å². The molecule has 1 fully saturated rings. The molecule has 0 aliphatic carbocycles. The minimum atomic E-state index is -0.596. The van der Waals surface area contributed by atoms with Gasteiger partial charge in [0.2, 0.25) is 0 Å². The second-order valence-corrected chi connectivity index (χ2v) is 9.09. The summed E-state index contributed by atoms with van der Waals surface area (Å²) in [7, 11) is 1.45. The first kappa shape index (κ1) is 25.1. The number of H-pyrrole nitrogens is 1.